The summed E-state index contributed by atoms with van der Waals surface area (Å²) in [5.41, 5.74) is 1.40. The number of likely N-dealkylation sites (tertiary alicyclic amines) is 1. The van der Waals surface area contributed by atoms with E-state index in [9.17, 15) is 8.42 Å². The molecule has 2 aromatic carbocycles. The molecule has 0 N–H and O–H groups in total. The molecule has 136 valence electrons. The van der Waals surface area contributed by atoms with Crippen molar-refractivity contribution >= 4 is 32.5 Å². The minimum absolute atomic E-state index is 0.231. The maximum atomic E-state index is 13.1. The Balaban J connectivity index is 1.89. The van der Waals surface area contributed by atoms with Crippen LogP contribution in [0.2, 0.25) is 5.02 Å². The Hall–Kier alpha value is -1.89. The zero-order chi connectivity index (χ0) is 18.3. The van der Waals surface area contributed by atoms with Crippen LogP contribution in [-0.4, -0.2) is 42.6 Å². The molecular weight excluding hydrogens is 370 g/mol. The smallest absolute Gasteiger partial charge is 0.283 e. The number of rotatable bonds is 3. The van der Waals surface area contributed by atoms with Gasteiger partial charge in [0.15, 0.2) is 0 Å². The second kappa shape index (κ2) is 6.68. The Morgan fingerprint density at radius 3 is 2.46 bits per heavy atom. The molecule has 2 heterocycles. The number of fused-ring (bicyclic) bond motifs is 1. The molecule has 0 radical (unpaired) electrons. The molecule has 1 aliphatic rings. The summed E-state index contributed by atoms with van der Waals surface area (Å²) in [5, 5.41) is 5.99. The molecule has 3 aromatic rings. The third kappa shape index (κ3) is 3.02. The molecule has 5 nitrogen and oxygen atoms in total. The van der Waals surface area contributed by atoms with Crippen molar-refractivity contribution in [3.63, 3.8) is 0 Å². The van der Waals surface area contributed by atoms with Gasteiger partial charge in [-0.1, -0.05) is 29.8 Å². The first kappa shape index (κ1) is 17.5. The molecule has 0 atom stereocenters. The van der Waals surface area contributed by atoms with Crippen LogP contribution in [-0.2, 0) is 10.0 Å². The van der Waals surface area contributed by atoms with Crippen molar-refractivity contribution in [1.29, 1.82) is 0 Å². The van der Waals surface area contributed by atoms with Gasteiger partial charge in [-0.2, -0.15) is 17.6 Å². The summed E-state index contributed by atoms with van der Waals surface area (Å²) >= 11 is 6.20. The van der Waals surface area contributed by atoms with Gasteiger partial charge in [0.1, 0.15) is 0 Å². The molecule has 1 aliphatic heterocycles. The van der Waals surface area contributed by atoms with Crippen LogP contribution in [0.5, 0.6) is 0 Å². The molecule has 1 fully saturated rings. The lowest BCUT2D eigenvalue weighted by Gasteiger charge is -2.28. The highest BCUT2D eigenvalue weighted by Crippen LogP contribution is 2.34. The lowest BCUT2D eigenvalue weighted by atomic mass is 9.92. The van der Waals surface area contributed by atoms with Crippen molar-refractivity contribution in [1.82, 2.24) is 14.1 Å². The SMILES string of the molecule is CN1CCC(c2nn(S(=O)(=O)c3ccccc3)c3ccc(Cl)cc23)CC1. The van der Waals surface area contributed by atoms with Gasteiger partial charge in [-0.05, 0) is 63.3 Å². The fourth-order valence-corrected chi connectivity index (χ4v) is 5.03. The van der Waals surface area contributed by atoms with Crippen LogP contribution in [0.25, 0.3) is 10.9 Å². The maximum absolute atomic E-state index is 13.1. The van der Waals surface area contributed by atoms with E-state index in [2.05, 4.69) is 17.0 Å². The van der Waals surface area contributed by atoms with E-state index < -0.39 is 10.0 Å². The van der Waals surface area contributed by atoms with Crippen molar-refractivity contribution < 1.29 is 8.42 Å². The van der Waals surface area contributed by atoms with Crippen LogP contribution in [0.15, 0.2) is 53.4 Å². The first-order valence-electron chi connectivity index (χ1n) is 8.64. The molecule has 7 heteroatoms. The second-order valence-corrected chi connectivity index (χ2v) is 8.99. The molecule has 0 saturated carbocycles. The van der Waals surface area contributed by atoms with E-state index in [1.165, 1.54) is 4.09 Å². The van der Waals surface area contributed by atoms with Gasteiger partial charge in [0.2, 0.25) is 0 Å². The van der Waals surface area contributed by atoms with Crippen LogP contribution in [0, 0.1) is 0 Å². The average molecular weight is 390 g/mol. The standard InChI is InChI=1S/C19H20ClN3O2S/c1-22-11-9-14(10-12-22)19-17-13-15(20)7-8-18(17)23(21-19)26(24,25)16-5-3-2-4-6-16/h2-8,13-14H,9-12H2,1H3. The van der Waals surface area contributed by atoms with E-state index in [4.69, 9.17) is 11.6 Å². The summed E-state index contributed by atoms with van der Waals surface area (Å²) in [6.45, 7) is 1.95. The Bertz CT molecular complexity index is 1040. The molecule has 1 saturated heterocycles. The van der Waals surface area contributed by atoms with Gasteiger partial charge < -0.3 is 4.90 Å². The molecule has 0 spiro atoms. The minimum atomic E-state index is -3.75. The number of benzene rings is 2. The van der Waals surface area contributed by atoms with Crippen molar-refractivity contribution in [3.8, 4) is 0 Å². The molecule has 0 amide bonds. The topological polar surface area (TPSA) is 55.2 Å². The van der Waals surface area contributed by atoms with Crippen LogP contribution < -0.4 is 0 Å². The van der Waals surface area contributed by atoms with Crippen LogP contribution in [0.3, 0.4) is 0 Å². The van der Waals surface area contributed by atoms with E-state index in [1.807, 2.05) is 6.07 Å². The molecule has 0 bridgehead atoms. The summed E-state index contributed by atoms with van der Waals surface area (Å²) < 4.78 is 27.4. The Kier molecular flexibility index (Phi) is 4.50. The van der Waals surface area contributed by atoms with Crippen molar-refractivity contribution in [2.24, 2.45) is 0 Å². The zero-order valence-corrected chi connectivity index (χ0v) is 16.0. The third-order valence-electron chi connectivity index (χ3n) is 5.01. The summed E-state index contributed by atoms with van der Waals surface area (Å²) in [6.07, 6.45) is 1.92. The van der Waals surface area contributed by atoms with Crippen LogP contribution in [0.4, 0.5) is 0 Å². The van der Waals surface area contributed by atoms with E-state index in [0.717, 1.165) is 37.0 Å². The van der Waals surface area contributed by atoms with E-state index in [-0.39, 0.29) is 10.8 Å². The summed E-state index contributed by atoms with van der Waals surface area (Å²) in [7, 11) is -1.65. The molecule has 0 aliphatic carbocycles. The molecule has 1 aromatic heterocycles. The number of aromatic nitrogens is 2. The van der Waals surface area contributed by atoms with E-state index in [0.29, 0.717) is 10.5 Å². The zero-order valence-electron chi connectivity index (χ0n) is 14.5. The van der Waals surface area contributed by atoms with Gasteiger partial charge in [0.25, 0.3) is 10.0 Å². The number of piperidine rings is 1. The van der Waals surface area contributed by atoms with Crippen molar-refractivity contribution in [2.75, 3.05) is 20.1 Å². The highest BCUT2D eigenvalue weighted by atomic mass is 35.5. The molecular formula is C19H20ClN3O2S. The highest BCUT2D eigenvalue weighted by Gasteiger charge is 2.28. The van der Waals surface area contributed by atoms with Crippen molar-refractivity contribution in [2.45, 2.75) is 23.7 Å². The fraction of sp³-hybridized carbons (Fsp3) is 0.316. The first-order chi connectivity index (χ1) is 12.5. The number of nitrogens with zero attached hydrogens (tertiary/aromatic N) is 3. The molecule has 26 heavy (non-hydrogen) atoms. The Labute approximate surface area is 158 Å². The van der Waals surface area contributed by atoms with Gasteiger partial charge >= 0.3 is 0 Å². The first-order valence-corrected chi connectivity index (χ1v) is 10.5. The van der Waals surface area contributed by atoms with Crippen molar-refractivity contribution in [3.05, 3.63) is 59.2 Å². The predicted octanol–water partition coefficient (Wildman–Crippen LogP) is 3.74. The van der Waals surface area contributed by atoms with Gasteiger partial charge in [0.05, 0.1) is 16.1 Å². The van der Waals surface area contributed by atoms with Gasteiger partial charge in [-0.25, -0.2) is 0 Å². The third-order valence-corrected chi connectivity index (χ3v) is 6.85. The average Bonchev–Trinajstić information content (AvgIpc) is 3.02. The minimum Gasteiger partial charge on any atom is -0.306 e. The fourth-order valence-electron chi connectivity index (χ4n) is 3.54. The predicted molar refractivity (Wildman–Crippen MR) is 103 cm³/mol. The Morgan fingerprint density at radius 1 is 1.08 bits per heavy atom. The molecule has 4 rings (SSSR count). The maximum Gasteiger partial charge on any atom is 0.283 e. The highest BCUT2D eigenvalue weighted by molar-refractivity contribution is 7.90. The normalized spacial score (nSPS) is 17.0. The Morgan fingerprint density at radius 2 is 1.77 bits per heavy atom. The van der Waals surface area contributed by atoms with Gasteiger partial charge in [-0.3, -0.25) is 0 Å². The lowest BCUT2D eigenvalue weighted by molar-refractivity contribution is 0.254. The number of hydrogen-bond donors (Lipinski definition) is 0. The lowest BCUT2D eigenvalue weighted by Crippen LogP contribution is -2.29. The summed E-state index contributed by atoms with van der Waals surface area (Å²) in [5.74, 6) is 0.236. The quantitative estimate of drug-likeness (QED) is 0.684. The van der Waals surface area contributed by atoms with Crippen LogP contribution >= 0.6 is 11.6 Å². The van der Waals surface area contributed by atoms with E-state index >= 15 is 0 Å². The second-order valence-electron chi connectivity index (χ2n) is 6.79. The van der Waals surface area contributed by atoms with E-state index in [1.54, 1.807) is 42.5 Å². The summed E-state index contributed by atoms with van der Waals surface area (Å²) in [6, 6.07) is 13.7. The van der Waals surface area contributed by atoms with Crippen LogP contribution in [0.1, 0.15) is 24.5 Å². The van der Waals surface area contributed by atoms with Gasteiger partial charge in [-0.15, -0.1) is 0 Å². The summed E-state index contributed by atoms with van der Waals surface area (Å²) in [4.78, 5) is 2.51. The largest absolute Gasteiger partial charge is 0.306 e. The molecule has 0 unspecified atom stereocenters. The van der Waals surface area contributed by atoms with Gasteiger partial charge in [0, 0.05) is 16.3 Å². The number of halogens is 1. The monoisotopic (exact) mass is 389 g/mol. The number of hydrogen-bond acceptors (Lipinski definition) is 4.